The van der Waals surface area contributed by atoms with Gasteiger partial charge in [-0.2, -0.15) is 13.2 Å². The smallest absolute Gasteiger partial charge is 0.425 e. The van der Waals surface area contributed by atoms with Crippen molar-refractivity contribution in [1.82, 2.24) is 9.97 Å². The Morgan fingerprint density at radius 3 is 2.62 bits per heavy atom. The maximum absolute atomic E-state index is 12.2. The van der Waals surface area contributed by atoms with E-state index in [4.69, 9.17) is 4.74 Å². The number of hydrogen-bond donors (Lipinski definition) is 0. The molecular formula is C10H11F3N2O. The molecular weight excluding hydrogens is 221 g/mol. The Hall–Kier alpha value is -1.33. The standard InChI is InChI=1S/C10H11F3N2O/c1-6(10(11,12)13)16-9-4-8(7-2-3-7)14-5-15-9/h4-7H,2-3H2,1H3. The van der Waals surface area contributed by atoms with Gasteiger partial charge in [-0.15, -0.1) is 0 Å². The molecule has 3 nitrogen and oxygen atoms in total. The second kappa shape index (κ2) is 3.92. The van der Waals surface area contributed by atoms with Gasteiger partial charge in [-0.25, -0.2) is 9.97 Å². The van der Waals surface area contributed by atoms with Crippen LogP contribution in [0, 0.1) is 0 Å². The largest absolute Gasteiger partial charge is 0.465 e. The summed E-state index contributed by atoms with van der Waals surface area (Å²) in [4.78, 5) is 7.67. The highest BCUT2D eigenvalue weighted by atomic mass is 19.4. The monoisotopic (exact) mass is 232 g/mol. The van der Waals surface area contributed by atoms with E-state index < -0.39 is 12.3 Å². The summed E-state index contributed by atoms with van der Waals surface area (Å²) in [6, 6.07) is 1.49. The van der Waals surface area contributed by atoms with Crippen LogP contribution >= 0.6 is 0 Å². The van der Waals surface area contributed by atoms with Crippen LogP contribution < -0.4 is 4.74 Å². The number of nitrogens with zero attached hydrogens (tertiary/aromatic N) is 2. The van der Waals surface area contributed by atoms with Gasteiger partial charge < -0.3 is 4.74 Å². The van der Waals surface area contributed by atoms with Crippen LogP contribution in [0.25, 0.3) is 0 Å². The summed E-state index contributed by atoms with van der Waals surface area (Å²) in [6.45, 7) is 0.957. The fourth-order valence-electron chi connectivity index (χ4n) is 1.27. The van der Waals surface area contributed by atoms with Crippen molar-refractivity contribution in [3.8, 4) is 5.88 Å². The van der Waals surface area contributed by atoms with Crippen molar-refractivity contribution in [2.75, 3.05) is 0 Å². The fourth-order valence-corrected chi connectivity index (χ4v) is 1.27. The van der Waals surface area contributed by atoms with E-state index in [1.807, 2.05) is 0 Å². The maximum atomic E-state index is 12.2. The summed E-state index contributed by atoms with van der Waals surface area (Å²) in [7, 11) is 0. The molecule has 6 heteroatoms. The number of aromatic nitrogens is 2. The zero-order valence-corrected chi connectivity index (χ0v) is 8.66. The average Bonchev–Trinajstić information content (AvgIpc) is 2.99. The summed E-state index contributed by atoms with van der Waals surface area (Å²) < 4.78 is 41.4. The third kappa shape index (κ3) is 2.62. The van der Waals surface area contributed by atoms with E-state index in [1.165, 1.54) is 12.4 Å². The molecule has 1 aliphatic carbocycles. The highest BCUT2D eigenvalue weighted by molar-refractivity contribution is 5.20. The summed E-state index contributed by atoms with van der Waals surface area (Å²) in [5.74, 6) is 0.355. The molecule has 16 heavy (non-hydrogen) atoms. The van der Waals surface area contributed by atoms with Gasteiger partial charge in [0.15, 0.2) is 6.10 Å². The first-order valence-electron chi connectivity index (χ1n) is 5.02. The molecule has 1 heterocycles. The Bertz CT molecular complexity index is 377. The molecule has 0 radical (unpaired) electrons. The van der Waals surface area contributed by atoms with Crippen LogP contribution in [0.2, 0.25) is 0 Å². The highest BCUT2D eigenvalue weighted by Crippen LogP contribution is 2.39. The van der Waals surface area contributed by atoms with Crippen LogP contribution in [0.5, 0.6) is 5.88 Å². The third-order valence-electron chi connectivity index (χ3n) is 2.42. The molecule has 0 amide bonds. The minimum atomic E-state index is -4.37. The lowest BCUT2D eigenvalue weighted by molar-refractivity contribution is -0.190. The Balaban J connectivity index is 2.06. The van der Waals surface area contributed by atoms with Gasteiger partial charge in [0.25, 0.3) is 0 Å². The van der Waals surface area contributed by atoms with Crippen LogP contribution in [0.3, 0.4) is 0 Å². The molecule has 1 unspecified atom stereocenters. The first-order valence-corrected chi connectivity index (χ1v) is 5.02. The summed E-state index contributed by atoms with van der Waals surface area (Å²) in [6.07, 6.45) is -2.91. The van der Waals surface area contributed by atoms with E-state index in [0.717, 1.165) is 25.5 Å². The van der Waals surface area contributed by atoms with Gasteiger partial charge in [-0.1, -0.05) is 0 Å². The number of alkyl halides is 3. The molecule has 1 aromatic heterocycles. The lowest BCUT2D eigenvalue weighted by atomic mass is 10.3. The van der Waals surface area contributed by atoms with Gasteiger partial charge in [0.05, 0.1) is 5.69 Å². The van der Waals surface area contributed by atoms with Gasteiger partial charge >= 0.3 is 6.18 Å². The van der Waals surface area contributed by atoms with Crippen molar-refractivity contribution in [3.05, 3.63) is 18.1 Å². The van der Waals surface area contributed by atoms with Crippen molar-refractivity contribution >= 4 is 0 Å². The second-order valence-corrected chi connectivity index (χ2v) is 3.86. The molecule has 1 atom stereocenters. The predicted molar refractivity (Wildman–Crippen MR) is 50.2 cm³/mol. The summed E-state index contributed by atoms with van der Waals surface area (Å²) in [5, 5.41) is 0. The molecule has 0 N–H and O–H groups in total. The fraction of sp³-hybridized carbons (Fsp3) is 0.600. The first kappa shape index (κ1) is 11.2. The topological polar surface area (TPSA) is 35.0 Å². The lowest BCUT2D eigenvalue weighted by Gasteiger charge is -2.16. The minimum absolute atomic E-state index is 0.0123. The maximum Gasteiger partial charge on any atom is 0.425 e. The lowest BCUT2D eigenvalue weighted by Crippen LogP contribution is -2.31. The molecule has 2 rings (SSSR count). The normalized spacial score (nSPS) is 18.2. The SMILES string of the molecule is CC(Oc1cc(C2CC2)ncn1)C(F)(F)F. The second-order valence-electron chi connectivity index (χ2n) is 3.86. The summed E-state index contributed by atoms with van der Waals surface area (Å²) in [5.41, 5.74) is 0.763. The molecule has 1 aliphatic rings. The van der Waals surface area contributed by atoms with E-state index in [2.05, 4.69) is 9.97 Å². The Kier molecular flexibility index (Phi) is 2.73. The zero-order valence-electron chi connectivity index (χ0n) is 8.66. The van der Waals surface area contributed by atoms with Crippen molar-refractivity contribution in [2.24, 2.45) is 0 Å². The number of rotatable bonds is 3. The quantitative estimate of drug-likeness (QED) is 0.803. The average molecular weight is 232 g/mol. The third-order valence-corrected chi connectivity index (χ3v) is 2.42. The van der Waals surface area contributed by atoms with Crippen LogP contribution in [-0.2, 0) is 0 Å². The van der Waals surface area contributed by atoms with E-state index >= 15 is 0 Å². The molecule has 1 aromatic rings. The van der Waals surface area contributed by atoms with Crippen LogP contribution in [-0.4, -0.2) is 22.2 Å². The van der Waals surface area contributed by atoms with Gasteiger partial charge in [-0.05, 0) is 19.8 Å². The predicted octanol–water partition coefficient (Wildman–Crippen LogP) is 2.68. The first-order chi connectivity index (χ1) is 7.47. The van der Waals surface area contributed by atoms with E-state index in [1.54, 1.807) is 0 Å². The zero-order chi connectivity index (χ0) is 11.8. The molecule has 0 aliphatic heterocycles. The van der Waals surface area contributed by atoms with Gasteiger partial charge in [-0.3, -0.25) is 0 Å². The summed E-state index contributed by atoms with van der Waals surface area (Å²) >= 11 is 0. The van der Waals surface area contributed by atoms with Crippen molar-refractivity contribution in [1.29, 1.82) is 0 Å². The van der Waals surface area contributed by atoms with Crippen LogP contribution in [0.4, 0.5) is 13.2 Å². The van der Waals surface area contributed by atoms with Gasteiger partial charge in [0, 0.05) is 12.0 Å². The number of ether oxygens (including phenoxy) is 1. The minimum Gasteiger partial charge on any atom is -0.465 e. The number of hydrogen-bond acceptors (Lipinski definition) is 3. The van der Waals surface area contributed by atoms with Gasteiger partial charge in [0.2, 0.25) is 5.88 Å². The van der Waals surface area contributed by atoms with Crippen molar-refractivity contribution in [2.45, 2.75) is 38.0 Å². The molecule has 88 valence electrons. The molecule has 0 bridgehead atoms. The molecule has 0 aromatic carbocycles. The van der Waals surface area contributed by atoms with Crippen molar-refractivity contribution in [3.63, 3.8) is 0 Å². The number of halogens is 3. The Morgan fingerprint density at radius 1 is 1.38 bits per heavy atom. The van der Waals surface area contributed by atoms with Crippen LogP contribution in [0.1, 0.15) is 31.4 Å². The van der Waals surface area contributed by atoms with Crippen molar-refractivity contribution < 1.29 is 17.9 Å². The Labute approximate surface area is 90.7 Å². The molecule has 0 saturated heterocycles. The molecule has 1 fully saturated rings. The van der Waals surface area contributed by atoms with E-state index in [-0.39, 0.29) is 5.88 Å². The van der Waals surface area contributed by atoms with E-state index in [0.29, 0.717) is 5.92 Å². The van der Waals surface area contributed by atoms with E-state index in [9.17, 15) is 13.2 Å². The molecule has 1 saturated carbocycles. The Morgan fingerprint density at radius 2 is 2.06 bits per heavy atom. The van der Waals surface area contributed by atoms with Crippen LogP contribution in [0.15, 0.2) is 12.4 Å². The highest BCUT2D eigenvalue weighted by Gasteiger charge is 2.38. The van der Waals surface area contributed by atoms with Gasteiger partial charge in [0.1, 0.15) is 6.33 Å². The molecule has 0 spiro atoms.